The highest BCUT2D eigenvalue weighted by Gasteiger charge is 2.47. The molecule has 4 unspecified atom stereocenters. The Labute approximate surface area is 136 Å². The zero-order chi connectivity index (χ0) is 16.1. The molecule has 7 heteroatoms. The third-order valence-electron chi connectivity index (χ3n) is 4.89. The van der Waals surface area contributed by atoms with E-state index >= 15 is 0 Å². The van der Waals surface area contributed by atoms with Crippen molar-refractivity contribution in [2.24, 2.45) is 23.7 Å². The molecule has 0 amide bonds. The molecule has 120 valence electrons. The van der Waals surface area contributed by atoms with Gasteiger partial charge >= 0.3 is 23.9 Å². The standard InChI is InChI=1S/C16H14O6S/c17-13-9-3-1-7(5-11(9)15(19)21-13)23-8-2-4-10-12(6-8)16(20)22-14(10)18/h1-2,9-12H,3-6H2. The summed E-state index contributed by atoms with van der Waals surface area (Å²) in [5.74, 6) is -3.19. The average Bonchev–Trinajstić information content (AvgIpc) is 2.96. The normalized spacial score (nSPS) is 36.0. The lowest BCUT2D eigenvalue weighted by molar-refractivity contribution is -0.155. The second-order valence-corrected chi connectivity index (χ2v) is 7.48. The monoisotopic (exact) mass is 334 g/mol. The predicted octanol–water partition coefficient (Wildman–Crippen LogP) is 1.71. The smallest absolute Gasteiger partial charge is 0.317 e. The Morgan fingerprint density at radius 2 is 1.09 bits per heavy atom. The van der Waals surface area contributed by atoms with E-state index in [0.29, 0.717) is 25.7 Å². The summed E-state index contributed by atoms with van der Waals surface area (Å²) in [6.07, 6.45) is 5.95. The van der Waals surface area contributed by atoms with Crippen molar-refractivity contribution >= 4 is 35.6 Å². The van der Waals surface area contributed by atoms with Gasteiger partial charge in [-0.3, -0.25) is 19.2 Å². The van der Waals surface area contributed by atoms with Gasteiger partial charge in [0.05, 0.1) is 23.7 Å². The quantitative estimate of drug-likeness (QED) is 0.561. The summed E-state index contributed by atoms with van der Waals surface area (Å²) in [7, 11) is 0. The minimum absolute atomic E-state index is 0.348. The predicted molar refractivity (Wildman–Crippen MR) is 78.4 cm³/mol. The number of carbonyl (C=O) groups is 4. The summed E-state index contributed by atoms with van der Waals surface area (Å²) in [6, 6.07) is 0. The van der Waals surface area contributed by atoms with Crippen LogP contribution >= 0.6 is 11.8 Å². The molecule has 2 aliphatic carbocycles. The SMILES string of the molecule is O=C1OC(=O)C2CC(SC3=CCC4C(=O)OC(=O)C4C3)=CCC12. The molecule has 0 aromatic heterocycles. The molecular formula is C16H14O6S. The molecule has 0 aromatic carbocycles. The third-order valence-corrected chi connectivity index (χ3v) is 6.08. The van der Waals surface area contributed by atoms with Crippen LogP contribution in [0, 0.1) is 23.7 Å². The largest absolute Gasteiger partial charge is 0.393 e. The van der Waals surface area contributed by atoms with Gasteiger partial charge < -0.3 is 9.47 Å². The van der Waals surface area contributed by atoms with Crippen molar-refractivity contribution in [1.82, 2.24) is 0 Å². The van der Waals surface area contributed by atoms with Crippen LogP contribution in [0.2, 0.25) is 0 Å². The van der Waals surface area contributed by atoms with Crippen LogP contribution in [0.1, 0.15) is 25.7 Å². The van der Waals surface area contributed by atoms with Gasteiger partial charge in [0.15, 0.2) is 0 Å². The van der Waals surface area contributed by atoms with E-state index in [1.807, 2.05) is 12.2 Å². The summed E-state index contributed by atoms with van der Waals surface area (Å²) in [5, 5.41) is 0. The van der Waals surface area contributed by atoms with Crippen LogP contribution in [0.4, 0.5) is 0 Å². The van der Waals surface area contributed by atoms with Crippen molar-refractivity contribution in [3.8, 4) is 0 Å². The van der Waals surface area contributed by atoms with E-state index in [0.717, 1.165) is 9.81 Å². The third kappa shape index (κ3) is 2.43. The number of hydrogen-bond donors (Lipinski definition) is 0. The first-order valence-electron chi connectivity index (χ1n) is 7.60. The first-order valence-corrected chi connectivity index (χ1v) is 8.41. The highest BCUT2D eigenvalue weighted by molar-refractivity contribution is 8.06. The number of thioether (sulfide) groups is 1. The Hall–Kier alpha value is -1.89. The fraction of sp³-hybridized carbons (Fsp3) is 0.500. The number of ether oxygens (including phenoxy) is 2. The number of hydrogen-bond acceptors (Lipinski definition) is 7. The highest BCUT2D eigenvalue weighted by Crippen LogP contribution is 2.46. The fourth-order valence-electron chi connectivity index (χ4n) is 3.58. The Balaban J connectivity index is 1.45. The molecular weight excluding hydrogens is 320 g/mol. The van der Waals surface area contributed by atoms with Gasteiger partial charge in [0, 0.05) is 0 Å². The van der Waals surface area contributed by atoms with Crippen LogP contribution in [-0.2, 0) is 28.7 Å². The molecule has 0 saturated carbocycles. The van der Waals surface area contributed by atoms with Crippen LogP contribution in [0.25, 0.3) is 0 Å². The lowest BCUT2D eigenvalue weighted by Crippen LogP contribution is -2.22. The van der Waals surface area contributed by atoms with Crippen LogP contribution < -0.4 is 0 Å². The molecule has 4 aliphatic rings. The van der Waals surface area contributed by atoms with Crippen LogP contribution in [0.5, 0.6) is 0 Å². The second kappa shape index (κ2) is 5.33. The molecule has 4 atom stereocenters. The number of cyclic esters (lactones) is 4. The van der Waals surface area contributed by atoms with E-state index in [1.165, 1.54) is 11.8 Å². The number of rotatable bonds is 2. The first kappa shape index (κ1) is 14.7. The van der Waals surface area contributed by atoms with Crippen molar-refractivity contribution < 1.29 is 28.7 Å². The first-order chi connectivity index (χ1) is 11.0. The maximum atomic E-state index is 11.7. The van der Waals surface area contributed by atoms with Crippen molar-refractivity contribution in [2.75, 3.05) is 0 Å². The summed E-state index contributed by atoms with van der Waals surface area (Å²) in [4.78, 5) is 48.5. The van der Waals surface area contributed by atoms with E-state index < -0.39 is 23.9 Å². The summed E-state index contributed by atoms with van der Waals surface area (Å²) in [6.45, 7) is 0. The lowest BCUT2D eigenvalue weighted by Gasteiger charge is -2.24. The Kier molecular flexibility index (Phi) is 3.41. The summed E-state index contributed by atoms with van der Waals surface area (Å²) >= 11 is 1.53. The van der Waals surface area contributed by atoms with Crippen molar-refractivity contribution in [2.45, 2.75) is 25.7 Å². The number of allylic oxidation sites excluding steroid dienone is 4. The number of esters is 4. The van der Waals surface area contributed by atoms with Gasteiger partial charge in [-0.15, -0.1) is 0 Å². The van der Waals surface area contributed by atoms with Crippen molar-refractivity contribution in [1.29, 1.82) is 0 Å². The highest BCUT2D eigenvalue weighted by atomic mass is 32.2. The van der Waals surface area contributed by atoms with Gasteiger partial charge in [-0.1, -0.05) is 23.9 Å². The number of carbonyl (C=O) groups excluding carboxylic acids is 4. The van der Waals surface area contributed by atoms with Crippen molar-refractivity contribution in [3.63, 3.8) is 0 Å². The molecule has 2 heterocycles. The zero-order valence-electron chi connectivity index (χ0n) is 12.2. The van der Waals surface area contributed by atoms with Gasteiger partial charge in [-0.25, -0.2) is 0 Å². The second-order valence-electron chi connectivity index (χ2n) is 6.23. The molecule has 4 rings (SSSR count). The van der Waals surface area contributed by atoms with Gasteiger partial charge in [0.2, 0.25) is 0 Å². The topological polar surface area (TPSA) is 86.7 Å². The van der Waals surface area contributed by atoms with Crippen LogP contribution in [0.3, 0.4) is 0 Å². The van der Waals surface area contributed by atoms with Gasteiger partial charge in [0.1, 0.15) is 0 Å². The summed E-state index contributed by atoms with van der Waals surface area (Å²) < 4.78 is 9.39. The van der Waals surface area contributed by atoms with E-state index in [-0.39, 0.29) is 23.7 Å². The Bertz CT molecular complexity index is 633. The van der Waals surface area contributed by atoms with Gasteiger partial charge in [-0.05, 0) is 35.5 Å². The summed E-state index contributed by atoms with van der Waals surface area (Å²) in [5.41, 5.74) is 0. The minimum atomic E-state index is -0.436. The molecule has 0 radical (unpaired) electrons. The number of fused-ring (bicyclic) bond motifs is 2. The maximum Gasteiger partial charge on any atom is 0.317 e. The molecule has 2 saturated heterocycles. The maximum absolute atomic E-state index is 11.7. The molecule has 0 N–H and O–H groups in total. The van der Waals surface area contributed by atoms with Crippen LogP contribution in [-0.4, -0.2) is 23.9 Å². The molecule has 0 bridgehead atoms. The van der Waals surface area contributed by atoms with E-state index in [4.69, 9.17) is 9.47 Å². The molecule has 2 fully saturated rings. The molecule has 0 aromatic rings. The Morgan fingerprint density at radius 3 is 1.52 bits per heavy atom. The minimum Gasteiger partial charge on any atom is -0.393 e. The molecule has 6 nitrogen and oxygen atoms in total. The van der Waals surface area contributed by atoms with E-state index in [2.05, 4.69) is 0 Å². The average molecular weight is 334 g/mol. The van der Waals surface area contributed by atoms with Gasteiger partial charge in [-0.2, -0.15) is 0 Å². The molecule has 2 aliphatic heterocycles. The van der Waals surface area contributed by atoms with Crippen molar-refractivity contribution in [3.05, 3.63) is 22.0 Å². The van der Waals surface area contributed by atoms with Crippen LogP contribution in [0.15, 0.2) is 22.0 Å². The van der Waals surface area contributed by atoms with Gasteiger partial charge in [0.25, 0.3) is 0 Å². The van der Waals surface area contributed by atoms with E-state index in [1.54, 1.807) is 0 Å². The Morgan fingerprint density at radius 1 is 0.696 bits per heavy atom. The molecule has 23 heavy (non-hydrogen) atoms. The fourth-order valence-corrected chi connectivity index (χ4v) is 4.80. The lowest BCUT2D eigenvalue weighted by atomic mass is 9.85. The van der Waals surface area contributed by atoms with E-state index in [9.17, 15) is 19.2 Å². The molecule has 0 spiro atoms. The zero-order valence-corrected chi connectivity index (χ0v) is 13.0.